The Balaban J connectivity index is 1.83. The predicted octanol–water partition coefficient (Wildman–Crippen LogP) is 4.42. The van der Waals surface area contributed by atoms with E-state index in [1.165, 1.54) is 5.56 Å². The lowest BCUT2D eigenvalue weighted by Crippen LogP contribution is -2.43. The maximum atomic E-state index is 13.2. The Labute approximate surface area is 147 Å². The van der Waals surface area contributed by atoms with Crippen LogP contribution in [0, 0.1) is 0 Å². The van der Waals surface area contributed by atoms with Gasteiger partial charge in [-0.3, -0.25) is 14.7 Å². The number of hydrogen-bond donors (Lipinski definition) is 1. The van der Waals surface area contributed by atoms with Gasteiger partial charge in [0.05, 0.1) is 5.56 Å². The molecule has 1 atom stereocenters. The molecule has 1 N–H and O–H groups in total. The summed E-state index contributed by atoms with van der Waals surface area (Å²) in [7, 11) is 0. The number of pyridine rings is 1. The number of benzene rings is 2. The van der Waals surface area contributed by atoms with Crippen molar-refractivity contribution in [1.29, 1.82) is 0 Å². The summed E-state index contributed by atoms with van der Waals surface area (Å²) in [6.45, 7) is 2.12. The molecule has 1 aliphatic heterocycles. The summed E-state index contributed by atoms with van der Waals surface area (Å²) in [5, 5.41) is 3.50. The van der Waals surface area contributed by atoms with E-state index in [1.807, 2.05) is 53.4 Å². The molecule has 124 valence electrons. The standard InChI is InChI=1S/C21H19N3O/c1-2-15-7-9-17(10-8-15)24-20(16-11-13-22-14-12-16)23-19-6-4-3-5-18(19)21(24)25/h3-14,20,23H,2H2,1H3/t20-/m0/s1. The smallest absolute Gasteiger partial charge is 0.262 e. The SMILES string of the molecule is CCc1ccc(N2C(=O)c3ccccc3N[C@@H]2c2ccncc2)cc1. The van der Waals surface area contributed by atoms with Gasteiger partial charge >= 0.3 is 0 Å². The van der Waals surface area contributed by atoms with Gasteiger partial charge in [-0.05, 0) is 53.9 Å². The fourth-order valence-electron chi connectivity index (χ4n) is 3.19. The molecule has 1 amide bonds. The number of nitrogens with zero attached hydrogens (tertiary/aromatic N) is 2. The van der Waals surface area contributed by atoms with Crippen molar-refractivity contribution in [1.82, 2.24) is 4.98 Å². The van der Waals surface area contributed by atoms with Crippen molar-refractivity contribution < 1.29 is 4.79 Å². The molecule has 0 bridgehead atoms. The molecule has 0 radical (unpaired) electrons. The normalized spacial score (nSPS) is 16.3. The number of carbonyl (C=O) groups is 1. The Bertz CT molecular complexity index is 891. The minimum Gasteiger partial charge on any atom is -0.360 e. The van der Waals surface area contributed by atoms with Crippen LogP contribution in [0.3, 0.4) is 0 Å². The zero-order valence-electron chi connectivity index (χ0n) is 14.0. The monoisotopic (exact) mass is 329 g/mol. The Kier molecular flexibility index (Phi) is 3.94. The lowest BCUT2D eigenvalue weighted by molar-refractivity contribution is 0.0975. The van der Waals surface area contributed by atoms with Gasteiger partial charge in [-0.25, -0.2) is 0 Å². The van der Waals surface area contributed by atoms with Crippen LogP contribution in [0.4, 0.5) is 11.4 Å². The summed E-state index contributed by atoms with van der Waals surface area (Å²) in [5.41, 5.74) is 4.67. The fourth-order valence-corrected chi connectivity index (χ4v) is 3.19. The van der Waals surface area contributed by atoms with Crippen molar-refractivity contribution in [2.75, 3.05) is 10.2 Å². The molecule has 0 spiro atoms. The highest BCUT2D eigenvalue weighted by atomic mass is 16.2. The van der Waals surface area contributed by atoms with E-state index in [2.05, 4.69) is 29.4 Å². The zero-order chi connectivity index (χ0) is 17.2. The molecule has 3 aromatic rings. The van der Waals surface area contributed by atoms with Crippen molar-refractivity contribution >= 4 is 17.3 Å². The molecule has 4 rings (SSSR count). The lowest BCUT2D eigenvalue weighted by atomic mass is 10.0. The number of rotatable bonds is 3. The Morgan fingerprint density at radius 2 is 1.72 bits per heavy atom. The third-order valence-corrected chi connectivity index (χ3v) is 4.57. The van der Waals surface area contributed by atoms with Crippen LogP contribution in [-0.4, -0.2) is 10.9 Å². The van der Waals surface area contributed by atoms with Crippen LogP contribution in [0.25, 0.3) is 0 Å². The van der Waals surface area contributed by atoms with Gasteiger partial charge in [-0.2, -0.15) is 0 Å². The van der Waals surface area contributed by atoms with Gasteiger partial charge in [0.1, 0.15) is 6.17 Å². The van der Waals surface area contributed by atoms with Crippen molar-refractivity contribution in [3.05, 3.63) is 89.7 Å². The van der Waals surface area contributed by atoms with Crippen molar-refractivity contribution in [3.8, 4) is 0 Å². The molecule has 0 aliphatic carbocycles. The average Bonchev–Trinajstić information content (AvgIpc) is 2.69. The second-order valence-electron chi connectivity index (χ2n) is 6.07. The van der Waals surface area contributed by atoms with Crippen LogP contribution in [0.5, 0.6) is 0 Å². The highest BCUT2D eigenvalue weighted by molar-refractivity contribution is 6.12. The number of para-hydroxylation sites is 1. The second kappa shape index (κ2) is 6.40. The molecule has 0 fully saturated rings. The molecule has 1 aromatic heterocycles. The first-order valence-corrected chi connectivity index (χ1v) is 8.46. The molecule has 4 nitrogen and oxygen atoms in total. The van der Waals surface area contributed by atoms with Gasteiger partial charge in [0.2, 0.25) is 0 Å². The average molecular weight is 329 g/mol. The third-order valence-electron chi connectivity index (χ3n) is 4.57. The summed E-state index contributed by atoms with van der Waals surface area (Å²) in [6, 6.07) is 19.7. The molecular formula is C21H19N3O. The Morgan fingerprint density at radius 3 is 2.44 bits per heavy atom. The van der Waals surface area contributed by atoms with E-state index in [9.17, 15) is 4.79 Å². The zero-order valence-corrected chi connectivity index (χ0v) is 14.0. The van der Waals surface area contributed by atoms with Gasteiger partial charge in [-0.1, -0.05) is 31.2 Å². The van der Waals surface area contributed by atoms with Crippen LogP contribution in [0.2, 0.25) is 0 Å². The number of hydrogen-bond acceptors (Lipinski definition) is 3. The van der Waals surface area contributed by atoms with E-state index < -0.39 is 0 Å². The molecule has 25 heavy (non-hydrogen) atoms. The number of fused-ring (bicyclic) bond motifs is 1. The number of aromatic nitrogens is 1. The van der Waals surface area contributed by atoms with Crippen LogP contribution < -0.4 is 10.2 Å². The van der Waals surface area contributed by atoms with Crippen LogP contribution in [0.15, 0.2) is 73.1 Å². The summed E-state index contributed by atoms with van der Waals surface area (Å²) in [5.74, 6) is 0.000380. The third kappa shape index (κ3) is 2.76. The highest BCUT2D eigenvalue weighted by Crippen LogP contribution is 2.36. The van der Waals surface area contributed by atoms with Gasteiger partial charge in [0, 0.05) is 23.8 Å². The van der Waals surface area contributed by atoms with Gasteiger partial charge in [0.15, 0.2) is 0 Å². The number of amides is 1. The number of carbonyl (C=O) groups excluding carboxylic acids is 1. The predicted molar refractivity (Wildman–Crippen MR) is 99.7 cm³/mol. The molecule has 2 aromatic carbocycles. The molecule has 2 heterocycles. The highest BCUT2D eigenvalue weighted by Gasteiger charge is 2.33. The number of nitrogens with one attached hydrogen (secondary N) is 1. The van der Waals surface area contributed by atoms with Crippen LogP contribution in [-0.2, 0) is 6.42 Å². The van der Waals surface area contributed by atoms with Gasteiger partial charge in [0.25, 0.3) is 5.91 Å². The fraction of sp³-hybridized carbons (Fsp3) is 0.143. The summed E-state index contributed by atoms with van der Waals surface area (Å²) < 4.78 is 0. The van der Waals surface area contributed by atoms with Crippen molar-refractivity contribution in [2.24, 2.45) is 0 Å². The van der Waals surface area contributed by atoms with E-state index in [-0.39, 0.29) is 12.1 Å². The van der Waals surface area contributed by atoms with E-state index in [0.717, 1.165) is 23.4 Å². The summed E-state index contributed by atoms with van der Waals surface area (Å²) in [4.78, 5) is 19.1. The molecule has 0 saturated carbocycles. The molecular weight excluding hydrogens is 310 g/mol. The maximum absolute atomic E-state index is 13.2. The van der Waals surface area contributed by atoms with E-state index in [1.54, 1.807) is 12.4 Å². The minimum atomic E-state index is -0.266. The number of aryl methyl sites for hydroxylation is 1. The Morgan fingerprint density at radius 1 is 1.00 bits per heavy atom. The van der Waals surface area contributed by atoms with E-state index in [0.29, 0.717) is 5.56 Å². The molecule has 4 heteroatoms. The minimum absolute atomic E-state index is 0.000380. The Hall–Kier alpha value is -3.14. The lowest BCUT2D eigenvalue weighted by Gasteiger charge is -2.38. The largest absolute Gasteiger partial charge is 0.360 e. The quantitative estimate of drug-likeness (QED) is 0.774. The topological polar surface area (TPSA) is 45.2 Å². The van der Waals surface area contributed by atoms with E-state index >= 15 is 0 Å². The molecule has 0 unspecified atom stereocenters. The first-order valence-electron chi connectivity index (χ1n) is 8.46. The molecule has 1 aliphatic rings. The number of anilines is 2. The first-order chi connectivity index (χ1) is 12.3. The first kappa shape index (κ1) is 15.4. The maximum Gasteiger partial charge on any atom is 0.262 e. The summed E-state index contributed by atoms with van der Waals surface area (Å²) in [6.07, 6.45) is 4.21. The second-order valence-corrected chi connectivity index (χ2v) is 6.07. The van der Waals surface area contributed by atoms with E-state index in [4.69, 9.17) is 0 Å². The van der Waals surface area contributed by atoms with Gasteiger partial charge in [-0.15, -0.1) is 0 Å². The van der Waals surface area contributed by atoms with Gasteiger partial charge < -0.3 is 5.32 Å². The molecule has 0 saturated heterocycles. The van der Waals surface area contributed by atoms with Crippen LogP contribution in [0.1, 0.15) is 34.6 Å². The van der Waals surface area contributed by atoms with Crippen molar-refractivity contribution in [2.45, 2.75) is 19.5 Å². The van der Waals surface area contributed by atoms with Crippen LogP contribution >= 0.6 is 0 Å². The van der Waals surface area contributed by atoms with Crippen molar-refractivity contribution in [3.63, 3.8) is 0 Å². The summed E-state index contributed by atoms with van der Waals surface area (Å²) >= 11 is 0.